The van der Waals surface area contributed by atoms with E-state index < -0.39 is 11.9 Å². The van der Waals surface area contributed by atoms with E-state index in [-0.39, 0.29) is 36.3 Å². The number of esters is 2. The summed E-state index contributed by atoms with van der Waals surface area (Å²) in [4.78, 5) is 23.5. The van der Waals surface area contributed by atoms with E-state index in [4.69, 9.17) is 18.9 Å². The average Bonchev–Trinajstić information content (AvgIpc) is 3.31. The standard InChI is InChI=1S/C16H24O6/c1-9(2)15(11-7-19-11)21-13(17)5-6-14(18)22-16(10(3)4)12-8-20-12/h5-6,9-12,15-16H,7-8H2,1-4H3/b6-5-. The van der Waals surface area contributed by atoms with Gasteiger partial charge < -0.3 is 18.9 Å². The summed E-state index contributed by atoms with van der Waals surface area (Å²) in [6.45, 7) is 9.06. The molecule has 0 amide bonds. The van der Waals surface area contributed by atoms with Crippen LogP contribution in [0.3, 0.4) is 0 Å². The van der Waals surface area contributed by atoms with Crippen molar-refractivity contribution in [1.29, 1.82) is 0 Å². The summed E-state index contributed by atoms with van der Waals surface area (Å²) in [5, 5.41) is 0. The van der Waals surface area contributed by atoms with Crippen LogP contribution in [-0.4, -0.2) is 49.6 Å². The Bertz CT molecular complexity index is 390. The summed E-state index contributed by atoms with van der Waals surface area (Å²) in [6, 6.07) is 0. The predicted molar refractivity (Wildman–Crippen MR) is 78.1 cm³/mol. The molecule has 0 saturated carbocycles. The molecule has 22 heavy (non-hydrogen) atoms. The van der Waals surface area contributed by atoms with Gasteiger partial charge in [0.2, 0.25) is 0 Å². The van der Waals surface area contributed by atoms with Gasteiger partial charge in [-0.3, -0.25) is 0 Å². The first-order valence-corrected chi connectivity index (χ1v) is 7.71. The largest absolute Gasteiger partial charge is 0.456 e. The van der Waals surface area contributed by atoms with E-state index in [1.807, 2.05) is 27.7 Å². The Morgan fingerprint density at radius 1 is 0.864 bits per heavy atom. The molecule has 0 radical (unpaired) electrons. The van der Waals surface area contributed by atoms with Crippen molar-refractivity contribution >= 4 is 11.9 Å². The maximum Gasteiger partial charge on any atom is 0.331 e. The number of hydrogen-bond acceptors (Lipinski definition) is 6. The van der Waals surface area contributed by atoms with Crippen molar-refractivity contribution in [2.24, 2.45) is 11.8 Å². The van der Waals surface area contributed by atoms with Crippen LogP contribution >= 0.6 is 0 Å². The van der Waals surface area contributed by atoms with Gasteiger partial charge in [-0.05, 0) is 11.8 Å². The number of hydrogen-bond donors (Lipinski definition) is 0. The van der Waals surface area contributed by atoms with Gasteiger partial charge in [-0.2, -0.15) is 0 Å². The minimum atomic E-state index is -0.560. The molecule has 124 valence electrons. The third kappa shape index (κ3) is 5.10. The molecule has 2 heterocycles. The normalized spacial score (nSPS) is 26.1. The minimum Gasteiger partial charge on any atom is -0.456 e. The molecule has 0 spiro atoms. The summed E-state index contributed by atoms with van der Waals surface area (Å²) in [5.74, 6) is -0.798. The third-order valence-electron chi connectivity index (χ3n) is 3.63. The molecule has 2 fully saturated rings. The first-order chi connectivity index (χ1) is 10.4. The molecule has 0 bridgehead atoms. The van der Waals surface area contributed by atoms with Gasteiger partial charge in [-0.25, -0.2) is 9.59 Å². The van der Waals surface area contributed by atoms with Crippen LogP contribution in [0.15, 0.2) is 12.2 Å². The summed E-state index contributed by atoms with van der Waals surface area (Å²) in [6.07, 6.45) is 1.59. The quantitative estimate of drug-likeness (QED) is 0.384. The second-order valence-corrected chi connectivity index (χ2v) is 6.37. The van der Waals surface area contributed by atoms with E-state index in [1.165, 1.54) is 0 Å². The van der Waals surface area contributed by atoms with E-state index in [1.54, 1.807) is 0 Å². The van der Waals surface area contributed by atoms with Gasteiger partial charge in [0.1, 0.15) is 24.4 Å². The second-order valence-electron chi connectivity index (χ2n) is 6.37. The van der Waals surface area contributed by atoms with Crippen molar-refractivity contribution in [2.75, 3.05) is 13.2 Å². The Hall–Kier alpha value is -1.40. The average molecular weight is 312 g/mol. The maximum absolute atomic E-state index is 11.8. The van der Waals surface area contributed by atoms with Gasteiger partial charge in [-0.1, -0.05) is 27.7 Å². The highest BCUT2D eigenvalue weighted by Gasteiger charge is 2.38. The molecule has 2 rings (SSSR count). The molecule has 0 aromatic rings. The molecule has 4 unspecified atom stereocenters. The highest BCUT2D eigenvalue weighted by Crippen LogP contribution is 2.24. The monoisotopic (exact) mass is 312 g/mol. The second kappa shape index (κ2) is 7.24. The number of epoxide rings is 2. The van der Waals surface area contributed by atoms with Crippen molar-refractivity contribution in [3.63, 3.8) is 0 Å². The lowest BCUT2D eigenvalue weighted by atomic mass is 10.0. The van der Waals surface area contributed by atoms with E-state index >= 15 is 0 Å². The highest BCUT2D eigenvalue weighted by molar-refractivity contribution is 5.91. The lowest BCUT2D eigenvalue weighted by Crippen LogP contribution is -2.29. The summed E-state index contributed by atoms with van der Waals surface area (Å²) < 4.78 is 21.0. The molecule has 2 aliphatic rings. The fourth-order valence-electron chi connectivity index (χ4n) is 2.26. The van der Waals surface area contributed by atoms with Crippen molar-refractivity contribution in [2.45, 2.75) is 52.1 Å². The Labute approximate surface area is 130 Å². The lowest BCUT2D eigenvalue weighted by molar-refractivity contribution is -0.149. The number of carbonyl (C=O) groups is 2. The molecule has 2 saturated heterocycles. The molecule has 6 heteroatoms. The van der Waals surface area contributed by atoms with Crippen molar-refractivity contribution in [3.8, 4) is 0 Å². The Kier molecular flexibility index (Phi) is 5.58. The van der Waals surface area contributed by atoms with Crippen LogP contribution in [0.4, 0.5) is 0 Å². The van der Waals surface area contributed by atoms with Crippen LogP contribution in [0.25, 0.3) is 0 Å². The zero-order chi connectivity index (χ0) is 16.3. The molecule has 0 aliphatic carbocycles. The fourth-order valence-corrected chi connectivity index (χ4v) is 2.26. The zero-order valence-electron chi connectivity index (χ0n) is 13.5. The van der Waals surface area contributed by atoms with Crippen molar-refractivity contribution < 1.29 is 28.5 Å². The lowest BCUT2D eigenvalue weighted by Gasteiger charge is -2.19. The van der Waals surface area contributed by atoms with Crippen LogP contribution < -0.4 is 0 Å². The molecule has 0 N–H and O–H groups in total. The van der Waals surface area contributed by atoms with Crippen LogP contribution in [-0.2, 0) is 28.5 Å². The van der Waals surface area contributed by atoms with E-state index in [0.29, 0.717) is 13.2 Å². The molecule has 2 aliphatic heterocycles. The van der Waals surface area contributed by atoms with Crippen LogP contribution in [0.2, 0.25) is 0 Å². The van der Waals surface area contributed by atoms with Crippen LogP contribution in [0.1, 0.15) is 27.7 Å². The number of carbonyl (C=O) groups excluding carboxylic acids is 2. The zero-order valence-corrected chi connectivity index (χ0v) is 13.5. The third-order valence-corrected chi connectivity index (χ3v) is 3.63. The van der Waals surface area contributed by atoms with E-state index in [2.05, 4.69) is 0 Å². The molecule has 4 atom stereocenters. The SMILES string of the molecule is CC(C)C(OC(=O)/C=C\C(=O)OC(C(C)C)C1CO1)C1CO1. The van der Waals surface area contributed by atoms with Gasteiger partial charge in [0.25, 0.3) is 0 Å². The Morgan fingerprint density at radius 3 is 1.41 bits per heavy atom. The van der Waals surface area contributed by atoms with Gasteiger partial charge in [0.05, 0.1) is 13.2 Å². The van der Waals surface area contributed by atoms with Crippen LogP contribution in [0.5, 0.6) is 0 Å². The minimum absolute atomic E-state index is 0.0263. The maximum atomic E-state index is 11.8. The number of ether oxygens (including phenoxy) is 4. The molecule has 0 aromatic carbocycles. The van der Waals surface area contributed by atoms with Gasteiger partial charge in [0, 0.05) is 12.2 Å². The van der Waals surface area contributed by atoms with Gasteiger partial charge in [0.15, 0.2) is 0 Å². The predicted octanol–water partition coefficient (Wildman–Crippen LogP) is 1.48. The molecular weight excluding hydrogens is 288 g/mol. The molecule has 6 nitrogen and oxygen atoms in total. The Balaban J connectivity index is 1.79. The van der Waals surface area contributed by atoms with E-state index in [9.17, 15) is 9.59 Å². The first kappa shape index (κ1) is 17.0. The summed E-state index contributed by atoms with van der Waals surface area (Å²) in [5.41, 5.74) is 0. The summed E-state index contributed by atoms with van der Waals surface area (Å²) in [7, 11) is 0. The van der Waals surface area contributed by atoms with E-state index in [0.717, 1.165) is 12.2 Å². The Morgan fingerprint density at radius 2 is 1.18 bits per heavy atom. The van der Waals surface area contributed by atoms with Crippen molar-refractivity contribution in [1.82, 2.24) is 0 Å². The van der Waals surface area contributed by atoms with Gasteiger partial charge in [-0.15, -0.1) is 0 Å². The molecule has 0 aromatic heterocycles. The molecular formula is C16H24O6. The van der Waals surface area contributed by atoms with Gasteiger partial charge >= 0.3 is 11.9 Å². The topological polar surface area (TPSA) is 77.7 Å². The van der Waals surface area contributed by atoms with Crippen LogP contribution in [0, 0.1) is 11.8 Å². The summed E-state index contributed by atoms with van der Waals surface area (Å²) >= 11 is 0. The smallest absolute Gasteiger partial charge is 0.331 e. The first-order valence-electron chi connectivity index (χ1n) is 7.71. The number of rotatable bonds is 8. The van der Waals surface area contributed by atoms with Crippen molar-refractivity contribution in [3.05, 3.63) is 12.2 Å². The highest BCUT2D eigenvalue weighted by atomic mass is 16.6. The fraction of sp³-hybridized carbons (Fsp3) is 0.750.